The van der Waals surface area contributed by atoms with Gasteiger partial charge in [-0.25, -0.2) is 4.79 Å². The van der Waals surface area contributed by atoms with Crippen LogP contribution >= 0.6 is 15.9 Å². The zero-order chi connectivity index (χ0) is 18.3. The van der Waals surface area contributed by atoms with Crippen molar-refractivity contribution in [2.45, 2.75) is 63.8 Å². The number of halogens is 1. The molecule has 24 heavy (non-hydrogen) atoms. The molecule has 1 saturated heterocycles. The summed E-state index contributed by atoms with van der Waals surface area (Å²) < 4.78 is 13.4. The Labute approximate surface area is 150 Å². The van der Waals surface area contributed by atoms with Crippen molar-refractivity contribution in [3.8, 4) is 0 Å². The monoisotopic (exact) mass is 420 g/mol. The van der Waals surface area contributed by atoms with Crippen molar-refractivity contribution < 1.29 is 14.3 Å². The first-order chi connectivity index (χ1) is 10.9. The van der Waals surface area contributed by atoms with Crippen LogP contribution in [0.2, 0.25) is 18.1 Å². The zero-order valence-corrected chi connectivity index (χ0v) is 17.2. The maximum Gasteiger partial charge on any atom is 0.330 e. The van der Waals surface area contributed by atoms with Crippen LogP contribution in [0, 0.1) is 0 Å². The molecular formula is C15H25BrN2O5Si. The number of aliphatic hydroxyl groups is 1. The predicted octanol–water partition coefficient (Wildman–Crippen LogP) is 1.97. The van der Waals surface area contributed by atoms with Gasteiger partial charge in [-0.1, -0.05) is 20.8 Å². The van der Waals surface area contributed by atoms with Gasteiger partial charge < -0.3 is 14.3 Å². The Bertz CT molecular complexity index is 709. The van der Waals surface area contributed by atoms with Gasteiger partial charge in [-0.05, 0) is 34.1 Å². The molecule has 3 atom stereocenters. The van der Waals surface area contributed by atoms with E-state index in [9.17, 15) is 14.7 Å². The van der Waals surface area contributed by atoms with E-state index in [0.29, 0.717) is 0 Å². The minimum absolute atomic E-state index is 0.0661. The third kappa shape index (κ3) is 4.08. The highest BCUT2D eigenvalue weighted by atomic mass is 79.9. The fourth-order valence-corrected chi connectivity index (χ4v) is 3.55. The normalized spacial score (nSPS) is 25.2. The number of aromatic amines is 1. The van der Waals surface area contributed by atoms with Crippen molar-refractivity contribution in [2.75, 3.05) is 6.61 Å². The van der Waals surface area contributed by atoms with E-state index in [2.05, 4.69) is 54.8 Å². The van der Waals surface area contributed by atoms with Crippen molar-refractivity contribution in [3.63, 3.8) is 0 Å². The molecule has 0 bridgehead atoms. The van der Waals surface area contributed by atoms with Gasteiger partial charge in [0, 0.05) is 12.6 Å². The van der Waals surface area contributed by atoms with Gasteiger partial charge in [0.2, 0.25) is 0 Å². The number of rotatable bonds is 4. The second-order valence-electron chi connectivity index (χ2n) is 7.65. The Kier molecular flexibility index (Phi) is 5.61. The van der Waals surface area contributed by atoms with E-state index in [0.717, 1.165) is 0 Å². The van der Waals surface area contributed by atoms with Gasteiger partial charge in [-0.2, -0.15) is 0 Å². The largest absolute Gasteiger partial charge is 0.414 e. The molecule has 0 radical (unpaired) electrons. The molecule has 0 spiro atoms. The Morgan fingerprint density at radius 3 is 2.67 bits per heavy atom. The number of nitrogens with one attached hydrogen (secondary N) is 1. The van der Waals surface area contributed by atoms with E-state index in [1.54, 1.807) is 0 Å². The molecule has 2 heterocycles. The number of ether oxygens (including phenoxy) is 1. The van der Waals surface area contributed by atoms with Crippen LogP contribution in [0.15, 0.2) is 20.3 Å². The summed E-state index contributed by atoms with van der Waals surface area (Å²) in [6.45, 7) is 11.0. The summed E-state index contributed by atoms with van der Waals surface area (Å²) in [5.74, 6) is 0. The Morgan fingerprint density at radius 1 is 1.46 bits per heavy atom. The molecule has 1 fully saturated rings. The molecule has 1 aliphatic rings. The molecule has 7 nitrogen and oxygen atoms in total. The van der Waals surface area contributed by atoms with Crippen LogP contribution in [0.5, 0.6) is 0 Å². The molecule has 9 heteroatoms. The molecule has 0 aliphatic carbocycles. The number of nitrogens with zero attached hydrogens (tertiary/aromatic N) is 1. The summed E-state index contributed by atoms with van der Waals surface area (Å²) in [5.41, 5.74) is -1.06. The highest BCUT2D eigenvalue weighted by molar-refractivity contribution is 9.10. The smallest absolute Gasteiger partial charge is 0.330 e. The maximum absolute atomic E-state index is 11.9. The number of aliphatic hydroxyl groups excluding tert-OH is 1. The van der Waals surface area contributed by atoms with Crippen LogP contribution in [-0.4, -0.2) is 41.8 Å². The molecule has 1 aromatic rings. The Balaban J connectivity index is 2.09. The number of hydrogen-bond donors (Lipinski definition) is 2. The average Bonchev–Trinajstić information content (AvgIpc) is 2.80. The van der Waals surface area contributed by atoms with Crippen molar-refractivity contribution in [3.05, 3.63) is 31.5 Å². The topological polar surface area (TPSA) is 93.5 Å². The third-order valence-electron chi connectivity index (χ3n) is 4.85. The third-order valence-corrected chi connectivity index (χ3v) is 9.92. The van der Waals surface area contributed by atoms with Crippen LogP contribution in [-0.2, 0) is 9.16 Å². The van der Waals surface area contributed by atoms with Crippen LogP contribution in [0.25, 0.3) is 0 Å². The van der Waals surface area contributed by atoms with Gasteiger partial charge >= 0.3 is 5.69 Å². The van der Waals surface area contributed by atoms with Crippen LogP contribution in [0.4, 0.5) is 0 Å². The molecule has 136 valence electrons. The summed E-state index contributed by atoms with van der Waals surface area (Å²) in [7, 11) is -1.95. The standard InChI is InChI=1S/C15H25BrN2O5Si/c1-15(2,3)24(4,5)22-8-11-10(19)6-12(23-11)18-7-9(16)13(20)17-14(18)21/h7,10-12,19H,6,8H2,1-5H3,(H,17,20,21)/t10-,11+,12+/m0/s1. The van der Waals surface area contributed by atoms with E-state index in [-0.39, 0.29) is 22.5 Å². The molecule has 1 aliphatic heterocycles. The van der Waals surface area contributed by atoms with Gasteiger partial charge in [0.25, 0.3) is 5.56 Å². The van der Waals surface area contributed by atoms with Gasteiger partial charge in [0.15, 0.2) is 8.32 Å². The fraction of sp³-hybridized carbons (Fsp3) is 0.733. The molecular weight excluding hydrogens is 396 g/mol. The lowest BCUT2D eigenvalue weighted by Gasteiger charge is -2.37. The maximum atomic E-state index is 11.9. The molecule has 1 aromatic heterocycles. The summed E-state index contributed by atoms with van der Waals surface area (Å²) in [6.07, 6.45) is -0.202. The summed E-state index contributed by atoms with van der Waals surface area (Å²) in [5, 5.41) is 10.3. The first-order valence-corrected chi connectivity index (χ1v) is 11.6. The quantitative estimate of drug-likeness (QED) is 0.726. The van der Waals surface area contributed by atoms with E-state index < -0.39 is 38.0 Å². The zero-order valence-electron chi connectivity index (χ0n) is 14.6. The van der Waals surface area contributed by atoms with Gasteiger partial charge in [-0.15, -0.1) is 0 Å². The summed E-state index contributed by atoms with van der Waals surface area (Å²) >= 11 is 3.10. The van der Waals surface area contributed by atoms with Crippen LogP contribution in [0.3, 0.4) is 0 Å². The van der Waals surface area contributed by atoms with E-state index >= 15 is 0 Å². The molecule has 2 rings (SSSR count). The summed E-state index contributed by atoms with van der Waals surface area (Å²) in [6, 6.07) is 0. The van der Waals surface area contributed by atoms with Crippen molar-refractivity contribution in [1.82, 2.24) is 9.55 Å². The Hall–Kier alpha value is -0.743. The second kappa shape index (κ2) is 6.87. The number of aromatic nitrogens is 2. The van der Waals surface area contributed by atoms with Crippen LogP contribution < -0.4 is 11.2 Å². The second-order valence-corrected chi connectivity index (χ2v) is 13.3. The predicted molar refractivity (Wildman–Crippen MR) is 96.7 cm³/mol. The highest BCUT2D eigenvalue weighted by Crippen LogP contribution is 2.37. The highest BCUT2D eigenvalue weighted by Gasteiger charge is 2.41. The lowest BCUT2D eigenvalue weighted by atomic mass is 10.2. The lowest BCUT2D eigenvalue weighted by molar-refractivity contribution is -0.0433. The molecule has 0 saturated carbocycles. The van der Waals surface area contributed by atoms with E-state index in [1.165, 1.54) is 10.8 Å². The van der Waals surface area contributed by atoms with E-state index in [1.807, 2.05) is 0 Å². The fourth-order valence-electron chi connectivity index (χ4n) is 2.22. The number of H-pyrrole nitrogens is 1. The average molecular weight is 421 g/mol. The minimum Gasteiger partial charge on any atom is -0.414 e. The molecule has 0 aromatic carbocycles. The first-order valence-electron chi connectivity index (χ1n) is 7.91. The van der Waals surface area contributed by atoms with Crippen molar-refractivity contribution in [2.24, 2.45) is 0 Å². The van der Waals surface area contributed by atoms with Crippen molar-refractivity contribution >= 4 is 24.2 Å². The van der Waals surface area contributed by atoms with Gasteiger partial charge in [-0.3, -0.25) is 14.3 Å². The van der Waals surface area contributed by atoms with E-state index in [4.69, 9.17) is 9.16 Å². The molecule has 0 amide bonds. The molecule has 0 unspecified atom stereocenters. The SMILES string of the molecule is CC(C)(C)[Si](C)(C)OC[C@H]1O[C@@H](n2cc(Br)c(=O)[nH]c2=O)C[C@@H]1O. The Morgan fingerprint density at radius 2 is 2.08 bits per heavy atom. The number of hydrogen-bond acceptors (Lipinski definition) is 5. The van der Waals surface area contributed by atoms with Crippen LogP contribution in [0.1, 0.15) is 33.4 Å². The minimum atomic E-state index is -1.95. The van der Waals surface area contributed by atoms with Gasteiger partial charge in [0.1, 0.15) is 12.3 Å². The lowest BCUT2D eigenvalue weighted by Crippen LogP contribution is -2.43. The van der Waals surface area contributed by atoms with Crippen molar-refractivity contribution in [1.29, 1.82) is 0 Å². The first kappa shape index (κ1) is 19.6. The molecule has 2 N–H and O–H groups in total. The van der Waals surface area contributed by atoms with Gasteiger partial charge in [0.05, 0.1) is 17.2 Å². The summed E-state index contributed by atoms with van der Waals surface area (Å²) in [4.78, 5) is 25.6.